The fourth-order valence-corrected chi connectivity index (χ4v) is 2.72. The topological polar surface area (TPSA) is 35.0 Å². The van der Waals surface area contributed by atoms with Gasteiger partial charge in [-0.05, 0) is 34.8 Å². The minimum Gasteiger partial charge on any atom is -0.381 e. The van der Waals surface area contributed by atoms with Gasteiger partial charge in [-0.15, -0.1) is 0 Å². The van der Waals surface area contributed by atoms with E-state index in [9.17, 15) is 0 Å². The molecule has 1 saturated heterocycles. The van der Waals surface area contributed by atoms with E-state index in [2.05, 4.69) is 32.0 Å². The third-order valence-corrected chi connectivity index (χ3v) is 3.51. The maximum Gasteiger partial charge on any atom is 0.197 e. The molecule has 1 unspecified atom stereocenters. The number of ether oxygens (including phenoxy) is 1. The van der Waals surface area contributed by atoms with Crippen molar-refractivity contribution in [3.8, 4) is 0 Å². The number of halogens is 1. The molecule has 0 amide bonds. The zero-order valence-corrected chi connectivity index (χ0v) is 11.0. The number of aromatic nitrogens is 2. The monoisotopic (exact) mass is 292 g/mol. The second-order valence-electron chi connectivity index (χ2n) is 4.31. The molecule has 2 aromatic rings. The molecule has 0 radical (unpaired) electrons. The van der Waals surface area contributed by atoms with Crippen LogP contribution in [-0.4, -0.2) is 23.2 Å². The smallest absolute Gasteiger partial charge is 0.197 e. The van der Waals surface area contributed by atoms with Crippen LogP contribution in [0.2, 0.25) is 0 Å². The highest BCUT2D eigenvalue weighted by Gasteiger charge is 2.20. The summed E-state index contributed by atoms with van der Waals surface area (Å²) in [4.78, 5) is 8.95. The molecule has 3 rings (SSSR count). The van der Waals surface area contributed by atoms with Gasteiger partial charge in [-0.3, -0.25) is 0 Å². The van der Waals surface area contributed by atoms with E-state index in [0.29, 0.717) is 10.7 Å². The first-order valence-electron chi connectivity index (χ1n) is 5.84. The molecule has 17 heavy (non-hydrogen) atoms. The van der Waals surface area contributed by atoms with E-state index in [4.69, 9.17) is 4.74 Å². The standard InChI is InChI=1S/C13H13BrN2O/c14-13-15-11-6-2-1-5-10(11)12(16-13)9-4-3-7-17-8-9/h1-2,5-6,9H,3-4,7-8H2. The summed E-state index contributed by atoms with van der Waals surface area (Å²) in [7, 11) is 0. The molecule has 1 atom stereocenters. The normalized spacial score (nSPS) is 20.6. The van der Waals surface area contributed by atoms with Gasteiger partial charge in [0.2, 0.25) is 0 Å². The van der Waals surface area contributed by atoms with Gasteiger partial charge in [-0.1, -0.05) is 18.2 Å². The quantitative estimate of drug-likeness (QED) is 0.757. The first-order valence-corrected chi connectivity index (χ1v) is 6.64. The largest absolute Gasteiger partial charge is 0.381 e. The lowest BCUT2D eigenvalue weighted by Crippen LogP contribution is -2.17. The number of hydrogen-bond donors (Lipinski definition) is 0. The van der Waals surface area contributed by atoms with Crippen LogP contribution < -0.4 is 0 Å². The average Bonchev–Trinajstić information content (AvgIpc) is 2.39. The minimum atomic E-state index is 0.396. The summed E-state index contributed by atoms with van der Waals surface area (Å²) in [6.07, 6.45) is 2.26. The van der Waals surface area contributed by atoms with Crippen molar-refractivity contribution in [3.05, 3.63) is 34.7 Å². The Balaban J connectivity index is 2.13. The van der Waals surface area contributed by atoms with E-state index in [-0.39, 0.29) is 0 Å². The Labute approximate surface area is 108 Å². The summed E-state index contributed by atoms with van der Waals surface area (Å²) in [6, 6.07) is 8.15. The van der Waals surface area contributed by atoms with E-state index in [1.807, 2.05) is 18.2 Å². The van der Waals surface area contributed by atoms with Crippen LogP contribution in [0.25, 0.3) is 10.9 Å². The lowest BCUT2D eigenvalue weighted by molar-refractivity contribution is 0.0796. The molecule has 1 aromatic heterocycles. The van der Waals surface area contributed by atoms with Crippen LogP contribution in [0.1, 0.15) is 24.5 Å². The molecule has 88 valence electrons. The third kappa shape index (κ3) is 2.19. The van der Waals surface area contributed by atoms with Crippen molar-refractivity contribution >= 4 is 26.8 Å². The Bertz CT molecular complexity index is 538. The Morgan fingerprint density at radius 1 is 1.24 bits per heavy atom. The van der Waals surface area contributed by atoms with Gasteiger partial charge < -0.3 is 4.74 Å². The van der Waals surface area contributed by atoms with Gasteiger partial charge in [0.25, 0.3) is 0 Å². The molecule has 1 aliphatic rings. The van der Waals surface area contributed by atoms with Crippen LogP contribution in [0, 0.1) is 0 Å². The first kappa shape index (κ1) is 11.1. The molecule has 2 heterocycles. The fourth-order valence-electron chi connectivity index (χ4n) is 2.34. The van der Waals surface area contributed by atoms with E-state index in [1.165, 1.54) is 0 Å². The number of rotatable bonds is 1. The lowest BCUT2D eigenvalue weighted by Gasteiger charge is -2.22. The molecule has 1 aromatic carbocycles. The van der Waals surface area contributed by atoms with E-state index in [1.54, 1.807) is 0 Å². The summed E-state index contributed by atoms with van der Waals surface area (Å²) in [6.45, 7) is 1.65. The number of nitrogens with zero attached hydrogens (tertiary/aromatic N) is 2. The lowest BCUT2D eigenvalue weighted by atomic mass is 9.95. The van der Waals surface area contributed by atoms with Crippen molar-refractivity contribution in [2.45, 2.75) is 18.8 Å². The zero-order valence-electron chi connectivity index (χ0n) is 9.40. The van der Waals surface area contributed by atoms with Crippen LogP contribution in [0.3, 0.4) is 0 Å². The third-order valence-electron chi connectivity index (χ3n) is 3.15. The Kier molecular flexibility index (Phi) is 3.07. The summed E-state index contributed by atoms with van der Waals surface area (Å²) >= 11 is 3.39. The van der Waals surface area contributed by atoms with Crippen LogP contribution in [0.15, 0.2) is 29.0 Å². The van der Waals surface area contributed by atoms with Crippen molar-refractivity contribution in [1.82, 2.24) is 9.97 Å². The number of fused-ring (bicyclic) bond motifs is 1. The molecule has 1 fully saturated rings. The van der Waals surface area contributed by atoms with Crippen LogP contribution in [0.5, 0.6) is 0 Å². The average molecular weight is 293 g/mol. The highest BCUT2D eigenvalue weighted by Crippen LogP contribution is 2.29. The molecule has 1 aliphatic heterocycles. The van der Waals surface area contributed by atoms with Crippen molar-refractivity contribution < 1.29 is 4.74 Å². The zero-order chi connectivity index (χ0) is 11.7. The van der Waals surface area contributed by atoms with Gasteiger partial charge in [0, 0.05) is 17.9 Å². The second-order valence-corrected chi connectivity index (χ2v) is 5.02. The molecule has 0 saturated carbocycles. The molecule has 0 bridgehead atoms. The number of benzene rings is 1. The van der Waals surface area contributed by atoms with Crippen LogP contribution in [0.4, 0.5) is 0 Å². The highest BCUT2D eigenvalue weighted by molar-refractivity contribution is 9.10. The van der Waals surface area contributed by atoms with Crippen molar-refractivity contribution in [3.63, 3.8) is 0 Å². The van der Waals surface area contributed by atoms with Crippen LogP contribution >= 0.6 is 15.9 Å². The minimum absolute atomic E-state index is 0.396. The van der Waals surface area contributed by atoms with Gasteiger partial charge in [0.05, 0.1) is 17.8 Å². The summed E-state index contributed by atoms with van der Waals surface area (Å²) < 4.78 is 6.21. The summed E-state index contributed by atoms with van der Waals surface area (Å²) in [5.74, 6) is 0.396. The van der Waals surface area contributed by atoms with Crippen molar-refractivity contribution in [2.24, 2.45) is 0 Å². The predicted octanol–water partition coefficient (Wildman–Crippen LogP) is 3.29. The highest BCUT2D eigenvalue weighted by atomic mass is 79.9. The van der Waals surface area contributed by atoms with Gasteiger partial charge in [-0.2, -0.15) is 0 Å². The fraction of sp³-hybridized carbons (Fsp3) is 0.385. The number of para-hydroxylation sites is 1. The van der Waals surface area contributed by atoms with Gasteiger partial charge in [-0.25, -0.2) is 9.97 Å². The van der Waals surface area contributed by atoms with Gasteiger partial charge >= 0.3 is 0 Å². The summed E-state index contributed by atoms with van der Waals surface area (Å²) in [5.41, 5.74) is 2.11. The van der Waals surface area contributed by atoms with Gasteiger partial charge in [0.1, 0.15) is 0 Å². The molecular weight excluding hydrogens is 280 g/mol. The maximum atomic E-state index is 5.55. The van der Waals surface area contributed by atoms with Gasteiger partial charge in [0.15, 0.2) is 4.73 Å². The van der Waals surface area contributed by atoms with E-state index < -0.39 is 0 Å². The first-order chi connectivity index (χ1) is 8.34. The van der Waals surface area contributed by atoms with Crippen molar-refractivity contribution in [1.29, 1.82) is 0 Å². The van der Waals surface area contributed by atoms with Crippen molar-refractivity contribution in [2.75, 3.05) is 13.2 Å². The molecule has 4 heteroatoms. The summed E-state index contributed by atoms with van der Waals surface area (Å²) in [5, 5.41) is 1.14. The molecular formula is C13H13BrN2O. The Morgan fingerprint density at radius 3 is 2.94 bits per heavy atom. The molecule has 3 nitrogen and oxygen atoms in total. The Hall–Kier alpha value is -1.00. The molecule has 0 N–H and O–H groups in total. The number of hydrogen-bond acceptors (Lipinski definition) is 3. The second kappa shape index (κ2) is 4.70. The van der Waals surface area contributed by atoms with E-state index >= 15 is 0 Å². The predicted molar refractivity (Wildman–Crippen MR) is 70.0 cm³/mol. The SMILES string of the molecule is Brc1nc(C2CCCOC2)c2ccccc2n1. The van der Waals surface area contributed by atoms with E-state index in [0.717, 1.165) is 42.7 Å². The molecule has 0 aliphatic carbocycles. The molecule has 0 spiro atoms. The maximum absolute atomic E-state index is 5.55. The Morgan fingerprint density at radius 2 is 2.12 bits per heavy atom. The van der Waals surface area contributed by atoms with Crippen LogP contribution in [-0.2, 0) is 4.74 Å².